The highest BCUT2D eigenvalue weighted by Gasteiger charge is 2.23. The summed E-state index contributed by atoms with van der Waals surface area (Å²) in [5.41, 5.74) is 1.72. The minimum Gasteiger partial charge on any atom is -0.465 e. The van der Waals surface area contributed by atoms with Crippen LogP contribution in [0, 0.1) is 0 Å². The third kappa shape index (κ3) is 0.990. The fourth-order valence-corrected chi connectivity index (χ4v) is 1.24. The topological polar surface area (TPSA) is 66.3 Å². The lowest BCUT2D eigenvalue weighted by atomic mass is 10.3. The highest BCUT2D eigenvalue weighted by atomic mass is 16.4. The first-order valence-corrected chi connectivity index (χ1v) is 3.53. The molecule has 0 spiro atoms. The molecule has 0 unspecified atom stereocenters. The predicted octanol–water partition coefficient (Wildman–Crippen LogP) is 0.470. The van der Waals surface area contributed by atoms with Crippen molar-refractivity contribution in [2.24, 2.45) is 0 Å². The Morgan fingerprint density at radius 2 is 2.42 bits per heavy atom. The summed E-state index contributed by atoms with van der Waals surface area (Å²) in [6.07, 6.45) is 2.18. The van der Waals surface area contributed by atoms with Crippen LogP contribution in [0.4, 0.5) is 4.79 Å². The van der Waals surface area contributed by atoms with E-state index in [9.17, 15) is 4.79 Å². The average Bonchev–Trinajstić information content (AvgIpc) is 2.46. The molecule has 1 N–H and O–H groups in total. The summed E-state index contributed by atoms with van der Waals surface area (Å²) in [6, 6.07) is 0. The van der Waals surface area contributed by atoms with Crippen molar-refractivity contribution in [1.29, 1.82) is 0 Å². The van der Waals surface area contributed by atoms with Crippen LogP contribution >= 0.6 is 0 Å². The summed E-state index contributed by atoms with van der Waals surface area (Å²) in [5.74, 6) is 0. The summed E-state index contributed by atoms with van der Waals surface area (Å²) in [6.45, 7) is 0.790. The van der Waals surface area contributed by atoms with E-state index >= 15 is 0 Å². The van der Waals surface area contributed by atoms with Crippen molar-refractivity contribution in [1.82, 2.24) is 14.9 Å². The summed E-state index contributed by atoms with van der Waals surface area (Å²) < 4.78 is 0. The van der Waals surface area contributed by atoms with Crippen LogP contribution in [0.15, 0.2) is 12.5 Å². The van der Waals surface area contributed by atoms with E-state index in [1.54, 1.807) is 6.20 Å². The van der Waals surface area contributed by atoms with Crippen molar-refractivity contribution >= 4 is 6.09 Å². The number of fused-ring (bicyclic) bond motifs is 1. The maximum absolute atomic E-state index is 10.5. The summed E-state index contributed by atoms with van der Waals surface area (Å²) in [7, 11) is 0. The number of aromatic nitrogens is 2. The SMILES string of the molecule is O=C(O)N1Cc2cncnc2C1. The zero-order valence-corrected chi connectivity index (χ0v) is 6.27. The monoisotopic (exact) mass is 165 g/mol. The lowest BCUT2D eigenvalue weighted by molar-refractivity contribution is 0.145. The maximum Gasteiger partial charge on any atom is 0.407 e. The van der Waals surface area contributed by atoms with Crippen LogP contribution in [0.1, 0.15) is 11.3 Å². The van der Waals surface area contributed by atoms with E-state index in [1.807, 2.05) is 0 Å². The van der Waals surface area contributed by atoms with Gasteiger partial charge in [0, 0.05) is 11.8 Å². The number of nitrogens with zero attached hydrogens (tertiary/aromatic N) is 3. The van der Waals surface area contributed by atoms with Gasteiger partial charge < -0.3 is 5.11 Å². The molecule has 62 valence electrons. The molecule has 0 aromatic carbocycles. The van der Waals surface area contributed by atoms with E-state index in [-0.39, 0.29) is 0 Å². The van der Waals surface area contributed by atoms with Crippen molar-refractivity contribution in [2.75, 3.05) is 0 Å². The quantitative estimate of drug-likeness (QED) is 0.606. The number of carbonyl (C=O) groups is 1. The van der Waals surface area contributed by atoms with E-state index in [0.717, 1.165) is 11.3 Å². The molecule has 1 aliphatic rings. The molecule has 5 heteroatoms. The maximum atomic E-state index is 10.5. The first kappa shape index (κ1) is 7.02. The Morgan fingerprint density at radius 1 is 1.58 bits per heavy atom. The van der Waals surface area contributed by atoms with E-state index in [2.05, 4.69) is 9.97 Å². The van der Waals surface area contributed by atoms with Crippen molar-refractivity contribution in [3.8, 4) is 0 Å². The molecule has 0 bridgehead atoms. The van der Waals surface area contributed by atoms with Gasteiger partial charge in [0.15, 0.2) is 0 Å². The number of hydrogen-bond donors (Lipinski definition) is 1. The van der Waals surface area contributed by atoms with Crippen molar-refractivity contribution < 1.29 is 9.90 Å². The molecule has 1 amide bonds. The summed E-state index contributed by atoms with van der Waals surface area (Å²) in [4.78, 5) is 19.6. The summed E-state index contributed by atoms with van der Waals surface area (Å²) >= 11 is 0. The molecule has 0 saturated heterocycles. The normalized spacial score (nSPS) is 14.5. The van der Waals surface area contributed by atoms with Crippen molar-refractivity contribution in [3.63, 3.8) is 0 Å². The van der Waals surface area contributed by atoms with Gasteiger partial charge in [-0.05, 0) is 0 Å². The van der Waals surface area contributed by atoms with Gasteiger partial charge in [0.1, 0.15) is 6.33 Å². The number of amides is 1. The highest BCUT2D eigenvalue weighted by Crippen LogP contribution is 2.18. The smallest absolute Gasteiger partial charge is 0.407 e. The Labute approximate surface area is 68.7 Å². The van der Waals surface area contributed by atoms with E-state index in [0.29, 0.717) is 13.1 Å². The van der Waals surface area contributed by atoms with E-state index in [4.69, 9.17) is 5.11 Å². The van der Waals surface area contributed by atoms with Gasteiger partial charge in [0.05, 0.1) is 18.8 Å². The van der Waals surface area contributed by atoms with E-state index < -0.39 is 6.09 Å². The molecule has 1 aromatic rings. The standard InChI is InChI=1S/C7H7N3O2/c11-7(12)10-2-5-1-8-4-9-6(5)3-10/h1,4H,2-3H2,(H,11,12). The molecule has 1 aromatic heterocycles. The van der Waals surface area contributed by atoms with Crippen molar-refractivity contribution in [3.05, 3.63) is 23.8 Å². The van der Waals surface area contributed by atoms with Crippen molar-refractivity contribution in [2.45, 2.75) is 13.1 Å². The fraction of sp³-hybridized carbons (Fsp3) is 0.286. The van der Waals surface area contributed by atoms with Gasteiger partial charge in [-0.3, -0.25) is 4.90 Å². The van der Waals surface area contributed by atoms with Crippen LogP contribution in [0.3, 0.4) is 0 Å². The van der Waals surface area contributed by atoms with Crippen LogP contribution < -0.4 is 0 Å². The first-order chi connectivity index (χ1) is 5.77. The average molecular weight is 165 g/mol. The second kappa shape index (κ2) is 2.44. The van der Waals surface area contributed by atoms with Crippen LogP contribution in [-0.4, -0.2) is 26.1 Å². The highest BCUT2D eigenvalue weighted by molar-refractivity contribution is 5.65. The molecular weight excluding hydrogens is 158 g/mol. The van der Waals surface area contributed by atoms with Gasteiger partial charge in [-0.25, -0.2) is 14.8 Å². The second-order valence-electron chi connectivity index (χ2n) is 2.63. The van der Waals surface area contributed by atoms with Crippen LogP contribution in [0.25, 0.3) is 0 Å². The van der Waals surface area contributed by atoms with Gasteiger partial charge >= 0.3 is 6.09 Å². The number of carboxylic acid groups (broad SMARTS) is 1. The molecule has 0 fully saturated rings. The minimum absolute atomic E-state index is 0.382. The minimum atomic E-state index is -0.909. The van der Waals surface area contributed by atoms with Crippen LogP contribution in [0.2, 0.25) is 0 Å². The van der Waals surface area contributed by atoms with Gasteiger partial charge in [0.2, 0.25) is 0 Å². The lowest BCUT2D eigenvalue weighted by Gasteiger charge is -2.07. The molecule has 0 atom stereocenters. The Balaban J connectivity index is 2.27. The molecule has 0 saturated carbocycles. The van der Waals surface area contributed by atoms with Gasteiger partial charge in [-0.2, -0.15) is 0 Å². The Hall–Kier alpha value is -1.65. The fourth-order valence-electron chi connectivity index (χ4n) is 1.24. The van der Waals surface area contributed by atoms with Gasteiger partial charge in [-0.15, -0.1) is 0 Å². The third-order valence-corrected chi connectivity index (χ3v) is 1.85. The molecular formula is C7H7N3O2. The Morgan fingerprint density at radius 3 is 3.08 bits per heavy atom. The summed E-state index contributed by atoms with van der Waals surface area (Å²) in [5, 5.41) is 8.66. The van der Waals surface area contributed by atoms with Crippen LogP contribution in [-0.2, 0) is 13.1 Å². The Kier molecular flexibility index (Phi) is 1.43. The van der Waals surface area contributed by atoms with Crippen LogP contribution in [0.5, 0.6) is 0 Å². The molecule has 12 heavy (non-hydrogen) atoms. The lowest BCUT2D eigenvalue weighted by Crippen LogP contribution is -2.22. The molecule has 5 nitrogen and oxygen atoms in total. The third-order valence-electron chi connectivity index (χ3n) is 1.85. The number of rotatable bonds is 0. The molecule has 2 heterocycles. The number of hydrogen-bond acceptors (Lipinski definition) is 3. The van der Waals surface area contributed by atoms with E-state index in [1.165, 1.54) is 11.2 Å². The molecule has 2 rings (SSSR count). The molecule has 0 radical (unpaired) electrons. The molecule has 1 aliphatic heterocycles. The second-order valence-corrected chi connectivity index (χ2v) is 2.63. The predicted molar refractivity (Wildman–Crippen MR) is 39.3 cm³/mol. The zero-order chi connectivity index (χ0) is 8.55. The zero-order valence-electron chi connectivity index (χ0n) is 6.27. The first-order valence-electron chi connectivity index (χ1n) is 3.53. The Bertz CT molecular complexity index is 301. The van der Waals surface area contributed by atoms with Gasteiger partial charge in [-0.1, -0.05) is 0 Å². The molecule has 0 aliphatic carbocycles. The largest absolute Gasteiger partial charge is 0.465 e. The van der Waals surface area contributed by atoms with Gasteiger partial charge in [0.25, 0.3) is 0 Å².